The van der Waals surface area contributed by atoms with Crippen LogP contribution in [0.5, 0.6) is 0 Å². The molecule has 0 aliphatic rings. The Morgan fingerprint density at radius 2 is 1.74 bits per heavy atom. The minimum atomic E-state index is -1.61. The molecule has 0 saturated heterocycles. The lowest BCUT2D eigenvalue weighted by atomic mass is 9.82. The molecule has 0 fully saturated rings. The molecule has 35 heavy (non-hydrogen) atoms. The van der Waals surface area contributed by atoms with E-state index in [0.717, 1.165) is 17.2 Å². The summed E-state index contributed by atoms with van der Waals surface area (Å²) in [6, 6.07) is 21.3. The molecule has 2 aromatic heterocycles. The number of aromatic nitrogens is 3. The molecule has 5 aromatic rings. The fraction of sp³-hybridized carbons (Fsp3) is 0.107. The third-order valence-electron chi connectivity index (χ3n) is 6.43. The van der Waals surface area contributed by atoms with Crippen molar-refractivity contribution >= 4 is 28.8 Å². The van der Waals surface area contributed by atoms with Gasteiger partial charge in [0.2, 0.25) is 0 Å². The quantitative estimate of drug-likeness (QED) is 0.368. The normalized spacial score (nSPS) is 13.0. The molecule has 1 N–H and O–H groups in total. The molecular formula is C28H22ClN3O3. The van der Waals surface area contributed by atoms with Gasteiger partial charge < -0.3 is 14.2 Å². The average Bonchev–Trinajstić information content (AvgIpc) is 3.31. The summed E-state index contributed by atoms with van der Waals surface area (Å²) in [5, 5.41) is 13.7. The maximum atomic E-state index is 12.8. The molecule has 5 rings (SSSR count). The van der Waals surface area contributed by atoms with Gasteiger partial charge in [-0.1, -0.05) is 48.0 Å². The summed E-state index contributed by atoms with van der Waals surface area (Å²) in [4.78, 5) is 28.5. The first-order valence-corrected chi connectivity index (χ1v) is 11.4. The summed E-state index contributed by atoms with van der Waals surface area (Å²) < 4.78 is 3.32. The summed E-state index contributed by atoms with van der Waals surface area (Å²) >= 11 is 6.25. The van der Waals surface area contributed by atoms with Gasteiger partial charge in [0.25, 0.3) is 5.56 Å². The molecule has 7 heteroatoms. The zero-order valence-electron chi connectivity index (χ0n) is 19.1. The van der Waals surface area contributed by atoms with Crippen LogP contribution in [0.25, 0.3) is 22.0 Å². The molecule has 0 aliphatic heterocycles. The van der Waals surface area contributed by atoms with Crippen molar-refractivity contribution in [3.63, 3.8) is 0 Å². The first-order valence-electron chi connectivity index (χ1n) is 11.0. The van der Waals surface area contributed by atoms with E-state index in [1.165, 1.54) is 0 Å². The Kier molecular flexibility index (Phi) is 5.63. The topological polar surface area (TPSA) is 77.1 Å². The Hall–Kier alpha value is -4.00. The van der Waals surface area contributed by atoms with Gasteiger partial charge >= 0.3 is 0 Å². The second-order valence-corrected chi connectivity index (χ2v) is 8.98. The molecule has 0 aliphatic carbocycles. The summed E-state index contributed by atoms with van der Waals surface area (Å²) in [6.45, 7) is 0. The van der Waals surface area contributed by atoms with Crippen LogP contribution in [-0.4, -0.2) is 25.5 Å². The van der Waals surface area contributed by atoms with Crippen molar-refractivity contribution in [1.82, 2.24) is 14.1 Å². The number of rotatable bonds is 5. The zero-order valence-corrected chi connectivity index (χ0v) is 19.9. The standard InChI is InChI=1S/C28H22ClN3O3/c1-31-17-30-15-26(31)28(35,20-7-3-5-18(11-20)16-33)21-9-10-25-24(13-21)23(14-27(34)32(25)2)19-6-4-8-22(29)12-19/h3-17,35H,1-2H3. The van der Waals surface area contributed by atoms with E-state index >= 15 is 0 Å². The molecule has 2 heterocycles. The molecule has 0 bridgehead atoms. The number of imidazole rings is 1. The Morgan fingerprint density at radius 3 is 2.46 bits per heavy atom. The number of benzene rings is 3. The average molecular weight is 484 g/mol. The highest BCUT2D eigenvalue weighted by atomic mass is 35.5. The van der Waals surface area contributed by atoms with Crippen LogP contribution < -0.4 is 5.56 Å². The first-order chi connectivity index (χ1) is 16.8. The number of fused-ring (bicyclic) bond motifs is 1. The van der Waals surface area contributed by atoms with Gasteiger partial charge in [-0.2, -0.15) is 0 Å². The second kappa shape index (κ2) is 8.65. The molecule has 1 atom stereocenters. The molecule has 174 valence electrons. The number of carbonyl (C=O) groups excluding carboxylic acids is 1. The van der Waals surface area contributed by atoms with Gasteiger partial charge in [0.1, 0.15) is 6.29 Å². The predicted molar refractivity (Wildman–Crippen MR) is 137 cm³/mol. The maximum Gasteiger partial charge on any atom is 0.251 e. The van der Waals surface area contributed by atoms with Gasteiger partial charge in [-0.15, -0.1) is 0 Å². The number of carbonyl (C=O) groups is 1. The van der Waals surface area contributed by atoms with E-state index in [9.17, 15) is 14.7 Å². The Balaban J connectivity index is 1.85. The second-order valence-electron chi connectivity index (χ2n) is 8.54. The van der Waals surface area contributed by atoms with Gasteiger partial charge in [-0.3, -0.25) is 9.59 Å². The molecule has 0 saturated carbocycles. The van der Waals surface area contributed by atoms with Gasteiger partial charge in [0.05, 0.1) is 23.7 Å². The number of hydrogen-bond acceptors (Lipinski definition) is 4. The first kappa shape index (κ1) is 22.8. The van der Waals surface area contributed by atoms with Crippen LogP contribution in [0, 0.1) is 0 Å². The molecule has 0 radical (unpaired) electrons. The summed E-state index contributed by atoms with van der Waals surface area (Å²) in [5.41, 5.74) is 2.54. The molecule has 0 amide bonds. The van der Waals surface area contributed by atoms with Crippen LogP contribution in [-0.2, 0) is 19.7 Å². The number of halogens is 1. The maximum absolute atomic E-state index is 12.8. The van der Waals surface area contributed by atoms with E-state index < -0.39 is 5.60 Å². The fourth-order valence-electron chi connectivity index (χ4n) is 4.59. The number of aldehydes is 1. The van der Waals surface area contributed by atoms with Crippen LogP contribution in [0.1, 0.15) is 27.2 Å². The van der Waals surface area contributed by atoms with Crippen LogP contribution >= 0.6 is 11.6 Å². The summed E-state index contributed by atoms with van der Waals surface area (Å²) in [6.07, 6.45) is 3.98. The Labute approximate surface area is 206 Å². The monoisotopic (exact) mass is 483 g/mol. The van der Waals surface area contributed by atoms with E-state index in [0.29, 0.717) is 38.5 Å². The largest absolute Gasteiger partial charge is 0.374 e. The highest BCUT2D eigenvalue weighted by molar-refractivity contribution is 6.30. The third-order valence-corrected chi connectivity index (χ3v) is 6.66. The summed E-state index contributed by atoms with van der Waals surface area (Å²) in [7, 11) is 3.52. The van der Waals surface area contributed by atoms with Crippen LogP contribution in [0.3, 0.4) is 0 Å². The van der Waals surface area contributed by atoms with E-state index in [1.807, 2.05) is 30.3 Å². The smallest absolute Gasteiger partial charge is 0.251 e. The van der Waals surface area contributed by atoms with Crippen molar-refractivity contribution in [1.29, 1.82) is 0 Å². The van der Waals surface area contributed by atoms with Crippen molar-refractivity contribution in [2.24, 2.45) is 14.1 Å². The molecular weight excluding hydrogens is 462 g/mol. The van der Waals surface area contributed by atoms with Crippen molar-refractivity contribution in [2.45, 2.75) is 5.60 Å². The van der Waals surface area contributed by atoms with Crippen LogP contribution in [0.15, 0.2) is 90.1 Å². The van der Waals surface area contributed by atoms with Crippen molar-refractivity contribution in [3.8, 4) is 11.1 Å². The fourth-order valence-corrected chi connectivity index (χ4v) is 4.78. The number of nitrogens with zero attached hydrogens (tertiary/aromatic N) is 3. The van der Waals surface area contributed by atoms with Gasteiger partial charge in [-0.25, -0.2) is 4.98 Å². The zero-order chi connectivity index (χ0) is 24.7. The van der Waals surface area contributed by atoms with Crippen molar-refractivity contribution in [3.05, 3.63) is 123 Å². The summed E-state index contributed by atoms with van der Waals surface area (Å²) in [5.74, 6) is 0. The highest BCUT2D eigenvalue weighted by Crippen LogP contribution is 2.39. The number of pyridine rings is 1. The number of aryl methyl sites for hydroxylation is 2. The van der Waals surface area contributed by atoms with Crippen molar-refractivity contribution < 1.29 is 9.90 Å². The molecule has 3 aromatic carbocycles. The van der Waals surface area contributed by atoms with Crippen molar-refractivity contribution in [2.75, 3.05) is 0 Å². The van der Waals surface area contributed by atoms with E-state index in [1.54, 1.807) is 78.2 Å². The van der Waals surface area contributed by atoms with Crippen LogP contribution in [0.2, 0.25) is 5.02 Å². The van der Waals surface area contributed by atoms with E-state index in [2.05, 4.69) is 4.98 Å². The number of aliphatic hydroxyl groups is 1. The minimum Gasteiger partial charge on any atom is -0.374 e. The van der Waals surface area contributed by atoms with E-state index in [4.69, 9.17) is 11.6 Å². The van der Waals surface area contributed by atoms with E-state index in [-0.39, 0.29) is 5.56 Å². The predicted octanol–water partition coefficient (Wildman–Crippen LogP) is 4.69. The highest BCUT2D eigenvalue weighted by Gasteiger charge is 2.37. The minimum absolute atomic E-state index is 0.152. The molecule has 6 nitrogen and oxygen atoms in total. The Bertz CT molecular complexity index is 1650. The van der Waals surface area contributed by atoms with Gasteiger partial charge in [0, 0.05) is 36.1 Å². The SMILES string of the molecule is Cn1cncc1C(O)(c1cccc(C=O)c1)c1ccc2c(c1)c(-c1cccc(Cl)c1)cc(=O)n2C. The van der Waals surface area contributed by atoms with Crippen LogP contribution in [0.4, 0.5) is 0 Å². The molecule has 1 unspecified atom stereocenters. The Morgan fingerprint density at radius 1 is 0.971 bits per heavy atom. The molecule has 0 spiro atoms. The number of hydrogen-bond donors (Lipinski definition) is 1. The lowest BCUT2D eigenvalue weighted by Gasteiger charge is -2.30. The lowest BCUT2D eigenvalue weighted by molar-refractivity contribution is 0.111. The third kappa shape index (κ3) is 3.77. The van der Waals surface area contributed by atoms with Gasteiger partial charge in [0.15, 0.2) is 5.60 Å². The lowest BCUT2D eigenvalue weighted by Crippen LogP contribution is -2.31. The van der Waals surface area contributed by atoms with Gasteiger partial charge in [-0.05, 0) is 52.6 Å².